The van der Waals surface area contributed by atoms with Crippen molar-refractivity contribution in [3.63, 3.8) is 0 Å². The zero-order chi connectivity index (χ0) is 15.2. The van der Waals surface area contributed by atoms with Crippen molar-refractivity contribution in [2.75, 3.05) is 13.2 Å². The van der Waals surface area contributed by atoms with Gasteiger partial charge in [-0.1, -0.05) is 50.2 Å². The van der Waals surface area contributed by atoms with Gasteiger partial charge in [0.2, 0.25) is 0 Å². The van der Waals surface area contributed by atoms with E-state index < -0.39 is 6.10 Å². The molecule has 0 saturated carbocycles. The summed E-state index contributed by atoms with van der Waals surface area (Å²) in [7, 11) is 0. The Morgan fingerprint density at radius 3 is 2.45 bits per heavy atom. The van der Waals surface area contributed by atoms with E-state index in [1.807, 2.05) is 37.3 Å². The van der Waals surface area contributed by atoms with E-state index in [2.05, 4.69) is 31.3 Å². The van der Waals surface area contributed by atoms with Crippen molar-refractivity contribution in [2.24, 2.45) is 5.92 Å². The molecule has 0 bridgehead atoms. The third-order valence-electron chi connectivity index (χ3n) is 3.58. The number of hydrogen-bond acceptors (Lipinski definition) is 3. The summed E-state index contributed by atoms with van der Waals surface area (Å²) >= 11 is 0. The molecule has 0 aromatic heterocycles. The van der Waals surface area contributed by atoms with Crippen LogP contribution in [0.5, 0.6) is 5.75 Å². The Balaban J connectivity index is 0.00000242. The molecule has 0 radical (unpaired) electrons. The first-order valence-electron chi connectivity index (χ1n) is 7.60. The van der Waals surface area contributed by atoms with E-state index in [1.165, 1.54) is 0 Å². The molecule has 0 aliphatic carbocycles. The third kappa shape index (κ3) is 5.27. The van der Waals surface area contributed by atoms with Gasteiger partial charge < -0.3 is 15.2 Å². The maximum absolute atomic E-state index is 10.2. The van der Waals surface area contributed by atoms with Gasteiger partial charge >= 0.3 is 0 Å². The van der Waals surface area contributed by atoms with Gasteiger partial charge in [-0.25, -0.2) is 0 Å². The zero-order valence-electron chi connectivity index (χ0n) is 13.5. The van der Waals surface area contributed by atoms with Crippen LogP contribution in [0.2, 0.25) is 0 Å². The average molecular weight is 368 g/mol. The molecular weight excluding hydrogens is 342 g/mol. The average Bonchev–Trinajstić information content (AvgIpc) is 2.50. The van der Waals surface area contributed by atoms with Gasteiger partial charge in [0.25, 0.3) is 0 Å². The van der Waals surface area contributed by atoms with Crippen molar-refractivity contribution in [3.05, 3.63) is 42.5 Å². The highest BCUT2D eigenvalue weighted by molar-refractivity contribution is 8.93. The number of benzene rings is 2. The molecule has 2 aromatic rings. The van der Waals surface area contributed by atoms with Gasteiger partial charge in [0.05, 0.1) is 0 Å². The third-order valence-corrected chi connectivity index (χ3v) is 3.58. The van der Waals surface area contributed by atoms with Crippen molar-refractivity contribution >= 4 is 27.8 Å². The van der Waals surface area contributed by atoms with Crippen molar-refractivity contribution in [1.82, 2.24) is 5.32 Å². The number of aliphatic hydroxyl groups excluding tert-OH is 1. The standard InChI is InChI=1S/C18H25NO2.BrH/c1-13(2)11-19-14(3)17(20)12-21-18-10-6-8-15-7-4-5-9-16(15)18;/h4-10,13-14,17,19-20H,11-12H2,1-3H3;1H. The first-order chi connectivity index (χ1) is 10.1. The van der Waals surface area contributed by atoms with Gasteiger partial charge in [-0.15, -0.1) is 17.0 Å². The molecule has 0 spiro atoms. The Kier molecular flexibility index (Phi) is 7.87. The fraction of sp³-hybridized carbons (Fsp3) is 0.444. The lowest BCUT2D eigenvalue weighted by Crippen LogP contribution is -2.42. The zero-order valence-corrected chi connectivity index (χ0v) is 15.2. The van der Waals surface area contributed by atoms with Gasteiger partial charge in [-0.2, -0.15) is 0 Å². The van der Waals surface area contributed by atoms with Crippen LogP contribution in [-0.2, 0) is 0 Å². The van der Waals surface area contributed by atoms with Gasteiger partial charge in [0, 0.05) is 11.4 Å². The summed E-state index contributed by atoms with van der Waals surface area (Å²) < 4.78 is 5.82. The predicted molar refractivity (Wildman–Crippen MR) is 98.1 cm³/mol. The van der Waals surface area contributed by atoms with Crippen LogP contribution in [0.1, 0.15) is 20.8 Å². The quantitative estimate of drug-likeness (QED) is 0.781. The lowest BCUT2D eigenvalue weighted by molar-refractivity contribution is 0.0783. The molecule has 0 fully saturated rings. The number of hydrogen-bond donors (Lipinski definition) is 2. The van der Waals surface area contributed by atoms with Crippen molar-refractivity contribution in [2.45, 2.75) is 32.9 Å². The van der Waals surface area contributed by atoms with Gasteiger partial charge in [-0.05, 0) is 30.8 Å². The second-order valence-corrected chi connectivity index (χ2v) is 5.95. The Morgan fingerprint density at radius 2 is 1.73 bits per heavy atom. The van der Waals surface area contributed by atoms with Crippen LogP contribution >= 0.6 is 17.0 Å². The van der Waals surface area contributed by atoms with Crippen LogP contribution in [0.25, 0.3) is 10.8 Å². The molecule has 2 unspecified atom stereocenters. The van der Waals surface area contributed by atoms with E-state index in [0.29, 0.717) is 12.5 Å². The molecule has 3 nitrogen and oxygen atoms in total. The number of halogens is 1. The highest BCUT2D eigenvalue weighted by Gasteiger charge is 2.15. The molecule has 4 heteroatoms. The summed E-state index contributed by atoms with van der Waals surface area (Å²) in [6.07, 6.45) is -0.525. The van der Waals surface area contributed by atoms with E-state index in [4.69, 9.17) is 4.74 Å². The van der Waals surface area contributed by atoms with Crippen LogP contribution in [-0.4, -0.2) is 30.4 Å². The summed E-state index contributed by atoms with van der Waals surface area (Å²) in [6.45, 7) is 7.48. The summed E-state index contributed by atoms with van der Waals surface area (Å²) in [6, 6.07) is 14.1. The van der Waals surface area contributed by atoms with E-state index >= 15 is 0 Å². The second-order valence-electron chi connectivity index (χ2n) is 5.95. The molecule has 122 valence electrons. The fourth-order valence-corrected chi connectivity index (χ4v) is 2.20. The molecule has 0 amide bonds. The Bertz CT molecular complexity index is 569. The van der Waals surface area contributed by atoms with Crippen LogP contribution in [0, 0.1) is 5.92 Å². The van der Waals surface area contributed by atoms with Crippen LogP contribution < -0.4 is 10.1 Å². The summed E-state index contributed by atoms with van der Waals surface area (Å²) in [5, 5.41) is 15.7. The topological polar surface area (TPSA) is 41.5 Å². The molecule has 2 atom stereocenters. The van der Waals surface area contributed by atoms with E-state index in [9.17, 15) is 5.11 Å². The lowest BCUT2D eigenvalue weighted by atomic mass is 10.1. The first-order valence-corrected chi connectivity index (χ1v) is 7.60. The molecule has 2 N–H and O–H groups in total. The SMILES string of the molecule is Br.CC(C)CNC(C)C(O)COc1cccc2ccccc12. The van der Waals surface area contributed by atoms with Gasteiger partial charge in [0.1, 0.15) is 18.5 Å². The van der Waals surface area contributed by atoms with Crippen LogP contribution in [0.4, 0.5) is 0 Å². The fourth-order valence-electron chi connectivity index (χ4n) is 2.20. The Hall–Kier alpha value is -1.10. The largest absolute Gasteiger partial charge is 0.490 e. The van der Waals surface area contributed by atoms with Crippen molar-refractivity contribution in [1.29, 1.82) is 0 Å². The summed E-state index contributed by atoms with van der Waals surface area (Å²) in [5.41, 5.74) is 0. The monoisotopic (exact) mass is 367 g/mol. The Labute approximate surface area is 143 Å². The highest BCUT2D eigenvalue weighted by Crippen LogP contribution is 2.25. The Morgan fingerprint density at radius 1 is 1.05 bits per heavy atom. The van der Waals surface area contributed by atoms with E-state index in [-0.39, 0.29) is 23.0 Å². The second kappa shape index (κ2) is 9.13. The minimum absolute atomic E-state index is 0. The van der Waals surface area contributed by atoms with E-state index in [0.717, 1.165) is 23.1 Å². The smallest absolute Gasteiger partial charge is 0.127 e. The molecule has 0 aliphatic rings. The summed E-state index contributed by atoms with van der Waals surface area (Å²) in [5.74, 6) is 1.39. The van der Waals surface area contributed by atoms with E-state index in [1.54, 1.807) is 0 Å². The predicted octanol–water partition coefficient (Wildman–Crippen LogP) is 3.79. The lowest BCUT2D eigenvalue weighted by Gasteiger charge is -2.22. The first kappa shape index (κ1) is 18.9. The number of nitrogens with one attached hydrogen (secondary N) is 1. The molecule has 2 aromatic carbocycles. The number of rotatable bonds is 7. The highest BCUT2D eigenvalue weighted by atomic mass is 79.9. The molecule has 0 aliphatic heterocycles. The maximum Gasteiger partial charge on any atom is 0.127 e. The van der Waals surface area contributed by atoms with Crippen LogP contribution in [0.15, 0.2) is 42.5 Å². The minimum Gasteiger partial charge on any atom is -0.490 e. The van der Waals surface area contributed by atoms with Crippen molar-refractivity contribution < 1.29 is 9.84 Å². The molecular formula is C18H26BrNO2. The molecule has 2 rings (SSSR count). The number of aliphatic hydroxyl groups is 1. The molecule has 0 heterocycles. The van der Waals surface area contributed by atoms with Crippen LogP contribution in [0.3, 0.4) is 0 Å². The van der Waals surface area contributed by atoms with Gasteiger partial charge in [0.15, 0.2) is 0 Å². The normalized spacial score (nSPS) is 13.7. The van der Waals surface area contributed by atoms with Gasteiger partial charge in [-0.3, -0.25) is 0 Å². The maximum atomic E-state index is 10.2. The molecule has 0 saturated heterocycles. The minimum atomic E-state index is -0.525. The number of ether oxygens (including phenoxy) is 1. The number of fused-ring (bicyclic) bond motifs is 1. The summed E-state index contributed by atoms with van der Waals surface area (Å²) in [4.78, 5) is 0. The molecule has 22 heavy (non-hydrogen) atoms. The van der Waals surface area contributed by atoms with Crippen molar-refractivity contribution in [3.8, 4) is 5.75 Å².